The first-order chi connectivity index (χ1) is 8.55. The lowest BCUT2D eigenvalue weighted by Gasteiger charge is -2.36. The molecule has 1 saturated carbocycles. The molecule has 0 aliphatic heterocycles. The molecular formula is C17H26O. The maximum absolute atomic E-state index is 6.03. The van der Waals surface area contributed by atoms with Gasteiger partial charge in [0.1, 0.15) is 0 Å². The summed E-state index contributed by atoms with van der Waals surface area (Å²) >= 11 is 0. The van der Waals surface area contributed by atoms with Crippen LogP contribution in [0, 0.1) is 11.3 Å². The Morgan fingerprint density at radius 2 is 1.61 bits per heavy atom. The van der Waals surface area contributed by atoms with Gasteiger partial charge in [-0.05, 0) is 42.6 Å². The molecule has 100 valence electrons. The van der Waals surface area contributed by atoms with Crippen molar-refractivity contribution < 1.29 is 4.74 Å². The summed E-state index contributed by atoms with van der Waals surface area (Å²) in [7, 11) is 0. The molecule has 0 N–H and O–H groups in total. The van der Waals surface area contributed by atoms with E-state index in [1.54, 1.807) is 0 Å². The molecule has 1 aliphatic carbocycles. The smallest absolute Gasteiger partial charge is 0.0720 e. The third-order valence-electron chi connectivity index (χ3n) is 4.23. The van der Waals surface area contributed by atoms with E-state index in [-0.39, 0.29) is 0 Å². The van der Waals surface area contributed by atoms with Crippen molar-refractivity contribution in [3.63, 3.8) is 0 Å². The lowest BCUT2D eigenvalue weighted by Crippen LogP contribution is -2.29. The van der Waals surface area contributed by atoms with Crippen molar-refractivity contribution in [1.82, 2.24) is 0 Å². The van der Waals surface area contributed by atoms with Gasteiger partial charge in [0.05, 0.1) is 12.7 Å². The first kappa shape index (κ1) is 13.6. The van der Waals surface area contributed by atoms with E-state index in [4.69, 9.17) is 4.74 Å². The highest BCUT2D eigenvalue weighted by atomic mass is 16.5. The number of benzene rings is 1. The van der Waals surface area contributed by atoms with Crippen LogP contribution in [0.2, 0.25) is 0 Å². The molecule has 1 aromatic rings. The van der Waals surface area contributed by atoms with E-state index >= 15 is 0 Å². The molecule has 1 heteroatoms. The molecule has 0 radical (unpaired) electrons. The summed E-state index contributed by atoms with van der Waals surface area (Å²) in [4.78, 5) is 0. The molecule has 0 spiro atoms. The molecule has 1 aromatic carbocycles. The zero-order chi connectivity index (χ0) is 13.0. The van der Waals surface area contributed by atoms with Crippen molar-refractivity contribution >= 4 is 0 Å². The van der Waals surface area contributed by atoms with Crippen LogP contribution >= 0.6 is 0 Å². The maximum atomic E-state index is 6.03. The Bertz CT molecular complexity index is 342. The van der Waals surface area contributed by atoms with Crippen LogP contribution in [-0.2, 0) is 11.3 Å². The molecule has 0 unspecified atom stereocenters. The normalized spacial score (nSPS) is 25.1. The van der Waals surface area contributed by atoms with Gasteiger partial charge in [-0.1, -0.05) is 51.1 Å². The van der Waals surface area contributed by atoms with Crippen LogP contribution in [0.1, 0.15) is 52.0 Å². The molecule has 0 heterocycles. The topological polar surface area (TPSA) is 9.23 Å². The fourth-order valence-corrected chi connectivity index (χ4v) is 2.88. The number of hydrogen-bond donors (Lipinski definition) is 0. The molecule has 1 fully saturated rings. The van der Waals surface area contributed by atoms with Crippen LogP contribution in [0.4, 0.5) is 0 Å². The van der Waals surface area contributed by atoms with E-state index in [1.807, 2.05) is 0 Å². The van der Waals surface area contributed by atoms with Gasteiger partial charge in [0, 0.05) is 0 Å². The van der Waals surface area contributed by atoms with Crippen LogP contribution in [0.5, 0.6) is 0 Å². The van der Waals surface area contributed by atoms with Crippen molar-refractivity contribution in [2.24, 2.45) is 11.3 Å². The highest BCUT2D eigenvalue weighted by Crippen LogP contribution is 2.38. The second kappa shape index (κ2) is 5.88. The summed E-state index contributed by atoms with van der Waals surface area (Å²) in [5.41, 5.74) is 1.75. The minimum atomic E-state index is 0.463. The van der Waals surface area contributed by atoms with Gasteiger partial charge < -0.3 is 4.74 Å². The molecule has 0 bridgehead atoms. The third kappa shape index (κ3) is 3.84. The fraction of sp³-hybridized carbons (Fsp3) is 0.647. The summed E-state index contributed by atoms with van der Waals surface area (Å²) in [5.74, 6) is 0.870. The highest BCUT2D eigenvalue weighted by molar-refractivity contribution is 5.13. The Kier molecular flexibility index (Phi) is 4.45. The molecular weight excluding hydrogens is 220 g/mol. The van der Waals surface area contributed by atoms with Gasteiger partial charge in [0.25, 0.3) is 0 Å². The van der Waals surface area contributed by atoms with E-state index in [0.29, 0.717) is 11.5 Å². The van der Waals surface area contributed by atoms with E-state index in [1.165, 1.54) is 31.2 Å². The standard InChI is InChI=1S/C17H26O/c1-17(2,3)15-9-11-16(12-10-15)18-13-14-7-5-4-6-8-14/h4-8,15-16H,9-13H2,1-3H3. The SMILES string of the molecule is CC(C)(C)C1CCC(OCc2ccccc2)CC1. The number of ether oxygens (including phenoxy) is 1. The van der Waals surface area contributed by atoms with Crippen LogP contribution in [-0.4, -0.2) is 6.10 Å². The van der Waals surface area contributed by atoms with Gasteiger partial charge in [-0.3, -0.25) is 0 Å². The van der Waals surface area contributed by atoms with Gasteiger partial charge >= 0.3 is 0 Å². The minimum Gasteiger partial charge on any atom is -0.374 e. The van der Waals surface area contributed by atoms with Crippen LogP contribution < -0.4 is 0 Å². The lowest BCUT2D eigenvalue weighted by atomic mass is 9.72. The van der Waals surface area contributed by atoms with Gasteiger partial charge in [-0.15, -0.1) is 0 Å². The second-order valence-electron chi connectivity index (χ2n) is 6.64. The summed E-state index contributed by atoms with van der Waals surface area (Å²) < 4.78 is 6.03. The predicted molar refractivity (Wildman–Crippen MR) is 76.4 cm³/mol. The van der Waals surface area contributed by atoms with E-state index in [9.17, 15) is 0 Å². The van der Waals surface area contributed by atoms with Crippen molar-refractivity contribution in [3.8, 4) is 0 Å². The van der Waals surface area contributed by atoms with Gasteiger partial charge in [-0.2, -0.15) is 0 Å². The lowest BCUT2D eigenvalue weighted by molar-refractivity contribution is -0.00580. The molecule has 2 rings (SSSR count). The number of rotatable bonds is 3. The van der Waals surface area contributed by atoms with E-state index < -0.39 is 0 Å². The second-order valence-corrected chi connectivity index (χ2v) is 6.64. The predicted octanol–water partition coefficient (Wildman–Crippen LogP) is 4.81. The molecule has 1 nitrogen and oxygen atoms in total. The van der Waals surface area contributed by atoms with Gasteiger partial charge in [0.15, 0.2) is 0 Å². The Morgan fingerprint density at radius 1 is 1.00 bits per heavy atom. The number of hydrogen-bond acceptors (Lipinski definition) is 1. The molecule has 1 aliphatic rings. The average Bonchev–Trinajstić information content (AvgIpc) is 2.37. The summed E-state index contributed by atoms with van der Waals surface area (Å²) in [5, 5.41) is 0. The fourth-order valence-electron chi connectivity index (χ4n) is 2.88. The van der Waals surface area contributed by atoms with Gasteiger partial charge in [-0.25, -0.2) is 0 Å². The zero-order valence-electron chi connectivity index (χ0n) is 12.0. The van der Waals surface area contributed by atoms with Crippen molar-refractivity contribution in [2.75, 3.05) is 0 Å². The van der Waals surface area contributed by atoms with E-state index in [0.717, 1.165) is 12.5 Å². The summed E-state index contributed by atoms with van der Waals surface area (Å²) in [6.45, 7) is 7.86. The maximum Gasteiger partial charge on any atom is 0.0720 e. The minimum absolute atomic E-state index is 0.463. The van der Waals surface area contributed by atoms with Crippen molar-refractivity contribution in [3.05, 3.63) is 35.9 Å². The molecule has 0 saturated heterocycles. The molecule has 0 amide bonds. The average molecular weight is 246 g/mol. The van der Waals surface area contributed by atoms with Crippen LogP contribution in [0.15, 0.2) is 30.3 Å². The molecule has 0 aromatic heterocycles. The zero-order valence-corrected chi connectivity index (χ0v) is 12.0. The van der Waals surface area contributed by atoms with Crippen molar-refractivity contribution in [1.29, 1.82) is 0 Å². The largest absolute Gasteiger partial charge is 0.374 e. The first-order valence-corrected chi connectivity index (χ1v) is 7.21. The monoisotopic (exact) mass is 246 g/mol. The Hall–Kier alpha value is -0.820. The quantitative estimate of drug-likeness (QED) is 0.743. The van der Waals surface area contributed by atoms with Crippen LogP contribution in [0.25, 0.3) is 0 Å². The molecule has 18 heavy (non-hydrogen) atoms. The Balaban J connectivity index is 1.74. The third-order valence-corrected chi connectivity index (χ3v) is 4.23. The highest BCUT2D eigenvalue weighted by Gasteiger charge is 2.29. The Morgan fingerprint density at radius 3 is 2.17 bits per heavy atom. The summed E-state index contributed by atoms with van der Waals surface area (Å²) in [6.07, 6.45) is 5.58. The van der Waals surface area contributed by atoms with Crippen LogP contribution in [0.3, 0.4) is 0 Å². The van der Waals surface area contributed by atoms with E-state index in [2.05, 4.69) is 51.1 Å². The molecule has 0 atom stereocenters. The van der Waals surface area contributed by atoms with Gasteiger partial charge in [0.2, 0.25) is 0 Å². The summed E-state index contributed by atoms with van der Waals surface area (Å²) in [6, 6.07) is 10.5. The first-order valence-electron chi connectivity index (χ1n) is 7.21. The van der Waals surface area contributed by atoms with Crippen molar-refractivity contribution in [2.45, 2.75) is 59.2 Å². The Labute approximate surface area is 112 Å².